The van der Waals surface area contributed by atoms with Crippen LogP contribution in [-0.2, 0) is 5.41 Å². The fourth-order valence-corrected chi connectivity index (χ4v) is 8.50. The van der Waals surface area contributed by atoms with Crippen LogP contribution in [0.15, 0.2) is 218 Å². The monoisotopic (exact) mass is 700 g/mol. The quantitative estimate of drug-likeness (QED) is 0.165. The first kappa shape index (κ1) is 32.5. The molecule has 55 heavy (non-hydrogen) atoms. The van der Waals surface area contributed by atoms with Crippen LogP contribution in [0.3, 0.4) is 0 Å². The second kappa shape index (κ2) is 13.7. The molecule has 1 aliphatic carbocycles. The van der Waals surface area contributed by atoms with Gasteiger partial charge in [-0.2, -0.15) is 0 Å². The second-order valence-corrected chi connectivity index (χ2v) is 14.1. The van der Waals surface area contributed by atoms with Crippen molar-refractivity contribution in [1.82, 2.24) is 9.97 Å². The molecule has 1 heterocycles. The molecule has 0 saturated heterocycles. The summed E-state index contributed by atoms with van der Waals surface area (Å²) in [5.41, 5.74) is 17.0. The molecule has 0 bridgehead atoms. The van der Waals surface area contributed by atoms with Crippen LogP contribution in [0, 0.1) is 0 Å². The van der Waals surface area contributed by atoms with Crippen molar-refractivity contribution in [2.45, 2.75) is 5.41 Å². The largest absolute Gasteiger partial charge is 0.228 e. The highest BCUT2D eigenvalue weighted by Crippen LogP contribution is 2.58. The number of benzene rings is 8. The van der Waals surface area contributed by atoms with Crippen LogP contribution in [0.1, 0.15) is 22.3 Å². The lowest BCUT2D eigenvalue weighted by Crippen LogP contribution is -2.28. The zero-order valence-corrected chi connectivity index (χ0v) is 30.2. The summed E-state index contributed by atoms with van der Waals surface area (Å²) in [6.07, 6.45) is 0. The second-order valence-electron chi connectivity index (χ2n) is 14.1. The summed E-state index contributed by atoms with van der Waals surface area (Å²) in [4.78, 5) is 10.0. The summed E-state index contributed by atoms with van der Waals surface area (Å²) in [6.45, 7) is 0. The third kappa shape index (κ3) is 5.59. The molecule has 9 aromatic rings. The van der Waals surface area contributed by atoms with E-state index in [1.807, 2.05) is 36.4 Å². The van der Waals surface area contributed by atoms with Crippen molar-refractivity contribution in [3.05, 3.63) is 241 Å². The number of rotatable bonds is 7. The van der Waals surface area contributed by atoms with E-state index in [4.69, 9.17) is 9.97 Å². The van der Waals surface area contributed by atoms with Gasteiger partial charge in [-0.3, -0.25) is 0 Å². The van der Waals surface area contributed by atoms with Gasteiger partial charge in [0.05, 0.1) is 16.8 Å². The van der Waals surface area contributed by atoms with E-state index in [-0.39, 0.29) is 0 Å². The van der Waals surface area contributed by atoms with Gasteiger partial charge in [0.15, 0.2) is 5.82 Å². The van der Waals surface area contributed by atoms with Gasteiger partial charge < -0.3 is 0 Å². The van der Waals surface area contributed by atoms with Gasteiger partial charge >= 0.3 is 0 Å². The van der Waals surface area contributed by atoms with Crippen molar-refractivity contribution in [2.75, 3.05) is 0 Å². The maximum absolute atomic E-state index is 5.05. The van der Waals surface area contributed by atoms with Crippen molar-refractivity contribution < 1.29 is 0 Å². The Hall–Kier alpha value is -7.16. The van der Waals surface area contributed by atoms with Gasteiger partial charge in [0.2, 0.25) is 0 Å². The highest BCUT2D eigenvalue weighted by Gasteiger charge is 2.46. The van der Waals surface area contributed by atoms with Gasteiger partial charge in [-0.1, -0.05) is 206 Å². The molecule has 258 valence electrons. The van der Waals surface area contributed by atoms with E-state index in [2.05, 4.69) is 182 Å². The molecule has 0 amide bonds. The molecule has 2 heteroatoms. The maximum atomic E-state index is 5.05. The molecule has 0 radical (unpaired) electrons. The molecule has 0 unspecified atom stereocenters. The molecule has 0 atom stereocenters. The molecule has 1 aromatic heterocycles. The summed E-state index contributed by atoms with van der Waals surface area (Å²) in [5.74, 6) is 0.717. The topological polar surface area (TPSA) is 25.8 Å². The molecule has 1 aliphatic rings. The fraction of sp³-hybridized carbons (Fsp3) is 0.0189. The molecular formula is C53H36N2. The van der Waals surface area contributed by atoms with E-state index in [1.54, 1.807) is 0 Å². The zero-order valence-electron chi connectivity index (χ0n) is 30.2. The minimum absolute atomic E-state index is 0.431. The number of hydrogen-bond donors (Lipinski definition) is 0. The van der Waals surface area contributed by atoms with Crippen molar-refractivity contribution in [3.8, 4) is 67.3 Å². The van der Waals surface area contributed by atoms with Crippen molar-refractivity contribution >= 4 is 0 Å². The summed E-state index contributed by atoms with van der Waals surface area (Å²) >= 11 is 0. The lowest BCUT2D eigenvalue weighted by atomic mass is 9.67. The van der Waals surface area contributed by atoms with Gasteiger partial charge in [0.25, 0.3) is 0 Å². The predicted octanol–water partition coefficient (Wildman–Crippen LogP) is 13.2. The Morgan fingerprint density at radius 2 is 0.745 bits per heavy atom. The smallest absolute Gasteiger partial charge is 0.160 e. The van der Waals surface area contributed by atoms with Crippen LogP contribution in [0.2, 0.25) is 0 Å². The number of nitrogens with zero attached hydrogens (tertiary/aromatic N) is 2. The summed E-state index contributed by atoms with van der Waals surface area (Å²) in [5, 5.41) is 0. The highest BCUT2D eigenvalue weighted by molar-refractivity contribution is 5.96. The van der Waals surface area contributed by atoms with Crippen molar-refractivity contribution in [1.29, 1.82) is 0 Å². The highest BCUT2D eigenvalue weighted by atomic mass is 14.9. The van der Waals surface area contributed by atoms with E-state index < -0.39 is 5.41 Å². The van der Waals surface area contributed by atoms with E-state index >= 15 is 0 Å². The van der Waals surface area contributed by atoms with Crippen LogP contribution < -0.4 is 0 Å². The first-order valence-electron chi connectivity index (χ1n) is 18.8. The lowest BCUT2D eigenvalue weighted by Gasteiger charge is -2.34. The zero-order chi connectivity index (χ0) is 36.6. The number of fused-ring (bicyclic) bond motifs is 3. The van der Waals surface area contributed by atoms with Crippen LogP contribution in [0.25, 0.3) is 67.3 Å². The van der Waals surface area contributed by atoms with Crippen molar-refractivity contribution in [3.63, 3.8) is 0 Å². The fourth-order valence-electron chi connectivity index (χ4n) is 8.50. The van der Waals surface area contributed by atoms with Crippen LogP contribution >= 0.6 is 0 Å². The maximum Gasteiger partial charge on any atom is 0.160 e. The van der Waals surface area contributed by atoms with Gasteiger partial charge in [-0.05, 0) is 67.8 Å². The average Bonchev–Trinajstić information content (AvgIpc) is 3.59. The Morgan fingerprint density at radius 3 is 1.40 bits per heavy atom. The standard InChI is InChI=1S/C53H36N2/c1-5-17-38(18-6-1)49-36-50(55-52(54-49)40-19-7-2-8-20-40)39-33-31-37(32-34-39)41-21-15-22-42(35-41)45-28-16-30-48-51(45)46-27-13-14-29-47(46)53(48,43-23-9-3-10-24-43)44-25-11-4-12-26-44/h1-36H. The molecule has 0 saturated carbocycles. The van der Waals surface area contributed by atoms with Crippen LogP contribution in [0.4, 0.5) is 0 Å². The average molecular weight is 701 g/mol. The summed E-state index contributed by atoms with van der Waals surface area (Å²) in [6, 6.07) is 78.2. The molecular weight excluding hydrogens is 665 g/mol. The van der Waals surface area contributed by atoms with Gasteiger partial charge in [-0.25, -0.2) is 9.97 Å². The minimum atomic E-state index is -0.431. The van der Waals surface area contributed by atoms with Crippen LogP contribution in [0.5, 0.6) is 0 Å². The molecule has 2 nitrogen and oxygen atoms in total. The van der Waals surface area contributed by atoms with Gasteiger partial charge in [0.1, 0.15) is 0 Å². The Labute approximate surface area is 322 Å². The third-order valence-corrected chi connectivity index (χ3v) is 11.0. The SMILES string of the molecule is c1ccc(-c2cc(-c3ccc(-c4cccc(-c5cccc6c5-c5ccccc5C6(c5ccccc5)c5ccccc5)c4)cc3)nc(-c3ccccc3)n2)cc1. The Morgan fingerprint density at radius 1 is 0.291 bits per heavy atom. The Balaban J connectivity index is 1.07. The number of aromatic nitrogens is 2. The molecule has 8 aromatic carbocycles. The Bertz CT molecular complexity index is 2680. The predicted molar refractivity (Wildman–Crippen MR) is 227 cm³/mol. The van der Waals surface area contributed by atoms with Gasteiger partial charge in [-0.15, -0.1) is 0 Å². The van der Waals surface area contributed by atoms with E-state index in [1.165, 1.54) is 50.1 Å². The van der Waals surface area contributed by atoms with E-state index in [0.29, 0.717) is 5.82 Å². The lowest BCUT2D eigenvalue weighted by molar-refractivity contribution is 0.768. The molecule has 0 spiro atoms. The normalized spacial score (nSPS) is 12.5. The van der Waals surface area contributed by atoms with E-state index in [0.717, 1.165) is 33.6 Å². The number of hydrogen-bond acceptors (Lipinski definition) is 2. The third-order valence-electron chi connectivity index (χ3n) is 11.0. The first-order chi connectivity index (χ1) is 27.3. The van der Waals surface area contributed by atoms with Crippen molar-refractivity contribution in [2.24, 2.45) is 0 Å². The van der Waals surface area contributed by atoms with Gasteiger partial charge in [0, 0.05) is 16.7 Å². The summed E-state index contributed by atoms with van der Waals surface area (Å²) < 4.78 is 0. The summed E-state index contributed by atoms with van der Waals surface area (Å²) in [7, 11) is 0. The van der Waals surface area contributed by atoms with E-state index in [9.17, 15) is 0 Å². The molecule has 0 N–H and O–H groups in total. The van der Waals surface area contributed by atoms with Crippen LogP contribution in [-0.4, -0.2) is 9.97 Å². The minimum Gasteiger partial charge on any atom is -0.228 e. The molecule has 10 rings (SSSR count). The molecule has 0 fully saturated rings. The first-order valence-corrected chi connectivity index (χ1v) is 18.8. The Kier molecular flexibility index (Phi) is 8.08. The molecule has 0 aliphatic heterocycles.